The van der Waals surface area contributed by atoms with Crippen LogP contribution in [0.2, 0.25) is 0 Å². The molecule has 0 atom stereocenters. The van der Waals surface area contributed by atoms with Crippen molar-refractivity contribution in [2.24, 2.45) is 0 Å². The molecule has 31 heavy (non-hydrogen) atoms. The van der Waals surface area contributed by atoms with Crippen LogP contribution in [0.5, 0.6) is 0 Å². The number of likely N-dealkylation sites (tertiary alicyclic amines) is 1. The van der Waals surface area contributed by atoms with Crippen LogP contribution in [0.15, 0.2) is 70.1 Å². The van der Waals surface area contributed by atoms with E-state index in [-0.39, 0.29) is 11.4 Å². The smallest absolute Gasteiger partial charge is 0.255 e. The largest absolute Gasteiger partial charge is 0.436 e. The number of oxazole rings is 1. The lowest BCUT2D eigenvalue weighted by atomic mass is 9.92. The van der Waals surface area contributed by atoms with E-state index in [1.165, 1.54) is 35.2 Å². The highest BCUT2D eigenvalue weighted by atomic mass is 19.1. The van der Waals surface area contributed by atoms with Crippen molar-refractivity contribution in [1.29, 1.82) is 0 Å². The van der Waals surface area contributed by atoms with E-state index >= 15 is 0 Å². The van der Waals surface area contributed by atoms with Crippen LogP contribution in [0, 0.1) is 5.82 Å². The SMILES string of the molecule is CN1CC(c2c[nH]c3cc(-n4ccc(-c5nc6cc(F)ccc6o5)cc4=O)ccc23)C1. The number of halogens is 1. The minimum Gasteiger partial charge on any atom is -0.436 e. The van der Waals surface area contributed by atoms with E-state index in [2.05, 4.69) is 34.2 Å². The first kappa shape index (κ1) is 18.1. The standard InChI is InChI=1S/C24H19FN4O2/c1-28-12-15(13-28)19-11-26-20-10-17(3-4-18(19)20)29-7-6-14(8-23(29)30)24-27-21-9-16(25)2-5-22(21)31-24/h2-11,15,26H,12-13H2,1H3. The summed E-state index contributed by atoms with van der Waals surface area (Å²) in [5.41, 5.74) is 4.38. The topological polar surface area (TPSA) is 67.1 Å². The number of pyridine rings is 1. The van der Waals surface area contributed by atoms with Gasteiger partial charge >= 0.3 is 0 Å². The molecule has 2 aromatic carbocycles. The van der Waals surface area contributed by atoms with Crippen LogP contribution in [0.4, 0.5) is 4.39 Å². The maximum absolute atomic E-state index is 13.4. The molecule has 4 heterocycles. The van der Waals surface area contributed by atoms with Crippen LogP contribution in [0.3, 0.4) is 0 Å². The Hall–Kier alpha value is -3.71. The Balaban J connectivity index is 1.35. The fraction of sp³-hybridized carbons (Fsp3) is 0.167. The van der Waals surface area contributed by atoms with Gasteiger partial charge in [-0.05, 0) is 42.9 Å². The number of benzene rings is 2. The lowest BCUT2D eigenvalue weighted by molar-refractivity contribution is 0.190. The second-order valence-corrected chi connectivity index (χ2v) is 8.15. The zero-order valence-electron chi connectivity index (χ0n) is 16.8. The maximum atomic E-state index is 13.4. The van der Waals surface area contributed by atoms with Gasteiger partial charge in [0.05, 0.1) is 5.69 Å². The van der Waals surface area contributed by atoms with E-state index in [9.17, 15) is 9.18 Å². The zero-order chi connectivity index (χ0) is 21.1. The fourth-order valence-electron chi connectivity index (χ4n) is 4.37. The Morgan fingerprint density at radius 3 is 2.81 bits per heavy atom. The zero-order valence-corrected chi connectivity index (χ0v) is 16.8. The van der Waals surface area contributed by atoms with Crippen LogP contribution in [0.1, 0.15) is 11.5 Å². The predicted molar refractivity (Wildman–Crippen MR) is 117 cm³/mol. The second kappa shape index (κ2) is 6.65. The van der Waals surface area contributed by atoms with Gasteiger partial charge in [0.1, 0.15) is 11.3 Å². The van der Waals surface area contributed by atoms with E-state index in [1.807, 2.05) is 12.1 Å². The molecule has 0 unspecified atom stereocenters. The number of hydrogen-bond donors (Lipinski definition) is 1. The van der Waals surface area contributed by atoms with E-state index in [0.717, 1.165) is 24.3 Å². The normalized spacial score (nSPS) is 15.0. The molecule has 0 spiro atoms. The molecule has 5 aromatic rings. The summed E-state index contributed by atoms with van der Waals surface area (Å²) in [7, 11) is 2.12. The highest BCUT2D eigenvalue weighted by molar-refractivity contribution is 5.85. The van der Waals surface area contributed by atoms with Crippen molar-refractivity contribution in [3.05, 3.63) is 82.7 Å². The van der Waals surface area contributed by atoms with Crippen LogP contribution in [-0.4, -0.2) is 39.6 Å². The molecule has 6 nitrogen and oxygen atoms in total. The number of nitrogens with zero attached hydrogens (tertiary/aromatic N) is 3. The minimum absolute atomic E-state index is 0.197. The maximum Gasteiger partial charge on any atom is 0.255 e. The van der Waals surface area contributed by atoms with E-state index in [1.54, 1.807) is 16.8 Å². The summed E-state index contributed by atoms with van der Waals surface area (Å²) in [4.78, 5) is 22.8. The molecule has 3 aromatic heterocycles. The third-order valence-electron chi connectivity index (χ3n) is 6.00. The average molecular weight is 414 g/mol. The number of hydrogen-bond acceptors (Lipinski definition) is 4. The van der Waals surface area contributed by atoms with E-state index in [0.29, 0.717) is 28.5 Å². The number of aromatic nitrogens is 3. The first-order valence-electron chi connectivity index (χ1n) is 10.1. The van der Waals surface area contributed by atoms with Crippen LogP contribution < -0.4 is 5.56 Å². The Morgan fingerprint density at radius 2 is 2.00 bits per heavy atom. The second-order valence-electron chi connectivity index (χ2n) is 8.15. The van der Waals surface area contributed by atoms with Crippen molar-refractivity contribution in [3.63, 3.8) is 0 Å². The summed E-state index contributed by atoms with van der Waals surface area (Å²) in [6.07, 6.45) is 3.78. The van der Waals surface area contributed by atoms with Crippen LogP contribution in [0.25, 0.3) is 39.1 Å². The number of aromatic amines is 1. The summed E-state index contributed by atoms with van der Waals surface area (Å²) < 4.78 is 20.7. The number of likely N-dealkylation sites (N-methyl/N-ethyl adjacent to an activating group) is 1. The Bertz CT molecular complexity index is 1510. The van der Waals surface area contributed by atoms with Gasteiger partial charge in [-0.2, -0.15) is 0 Å². The lowest BCUT2D eigenvalue weighted by Gasteiger charge is -2.36. The molecule has 0 amide bonds. The molecule has 7 heteroatoms. The van der Waals surface area contributed by atoms with Crippen molar-refractivity contribution < 1.29 is 8.81 Å². The van der Waals surface area contributed by atoms with Gasteiger partial charge < -0.3 is 14.3 Å². The van der Waals surface area contributed by atoms with Gasteiger partial charge in [-0.1, -0.05) is 6.07 Å². The van der Waals surface area contributed by atoms with Gasteiger partial charge in [0.25, 0.3) is 5.56 Å². The molecule has 6 rings (SSSR count). The highest BCUT2D eigenvalue weighted by Crippen LogP contribution is 2.32. The number of fused-ring (bicyclic) bond motifs is 2. The fourth-order valence-corrected chi connectivity index (χ4v) is 4.37. The highest BCUT2D eigenvalue weighted by Gasteiger charge is 2.26. The Kier molecular flexibility index (Phi) is 3.88. The Labute approximate surface area is 176 Å². The van der Waals surface area contributed by atoms with Gasteiger partial charge in [-0.15, -0.1) is 0 Å². The molecule has 0 radical (unpaired) electrons. The Morgan fingerprint density at radius 1 is 1.13 bits per heavy atom. The number of rotatable bonds is 3. The number of nitrogens with one attached hydrogen (secondary N) is 1. The molecule has 1 aliphatic heterocycles. The van der Waals surface area contributed by atoms with Crippen molar-refractivity contribution in [3.8, 4) is 17.1 Å². The molecule has 1 aliphatic rings. The van der Waals surface area contributed by atoms with Gasteiger partial charge in [-0.3, -0.25) is 9.36 Å². The number of H-pyrrole nitrogens is 1. The summed E-state index contributed by atoms with van der Waals surface area (Å²) in [6.45, 7) is 2.14. The van der Waals surface area contributed by atoms with Crippen molar-refractivity contribution in [2.45, 2.75) is 5.92 Å². The summed E-state index contributed by atoms with van der Waals surface area (Å²) in [5.74, 6) is 0.464. The van der Waals surface area contributed by atoms with E-state index < -0.39 is 0 Å². The van der Waals surface area contributed by atoms with Crippen LogP contribution >= 0.6 is 0 Å². The van der Waals surface area contributed by atoms with Gasteiger partial charge in [0.15, 0.2) is 5.58 Å². The van der Waals surface area contributed by atoms with Gasteiger partial charge in [0, 0.05) is 60.0 Å². The first-order chi connectivity index (χ1) is 15.0. The lowest BCUT2D eigenvalue weighted by Crippen LogP contribution is -2.41. The van der Waals surface area contributed by atoms with Crippen LogP contribution in [-0.2, 0) is 0 Å². The van der Waals surface area contributed by atoms with Crippen molar-refractivity contribution in [1.82, 2.24) is 19.4 Å². The predicted octanol–water partition coefficient (Wildman–Crippen LogP) is 4.30. The van der Waals surface area contributed by atoms with Crippen molar-refractivity contribution in [2.75, 3.05) is 20.1 Å². The molecule has 154 valence electrons. The van der Waals surface area contributed by atoms with E-state index in [4.69, 9.17) is 4.42 Å². The molecule has 1 fully saturated rings. The minimum atomic E-state index is -0.380. The average Bonchev–Trinajstić information content (AvgIpc) is 3.34. The van der Waals surface area contributed by atoms with Gasteiger partial charge in [0.2, 0.25) is 5.89 Å². The summed E-state index contributed by atoms with van der Waals surface area (Å²) in [5, 5.41) is 1.20. The quantitative estimate of drug-likeness (QED) is 0.478. The third kappa shape index (κ3) is 2.97. The first-order valence-corrected chi connectivity index (χ1v) is 10.1. The van der Waals surface area contributed by atoms with Gasteiger partial charge in [-0.25, -0.2) is 9.37 Å². The molecule has 0 aliphatic carbocycles. The van der Waals surface area contributed by atoms with Crippen molar-refractivity contribution >= 4 is 22.0 Å². The molecule has 1 saturated heterocycles. The summed E-state index contributed by atoms with van der Waals surface area (Å²) in [6, 6.07) is 13.4. The molecule has 0 saturated carbocycles. The molecule has 0 bridgehead atoms. The molecular formula is C24H19FN4O2. The molecular weight excluding hydrogens is 395 g/mol. The third-order valence-corrected chi connectivity index (χ3v) is 6.00. The summed E-state index contributed by atoms with van der Waals surface area (Å²) >= 11 is 0. The monoisotopic (exact) mass is 414 g/mol. The molecule has 1 N–H and O–H groups in total.